The van der Waals surface area contributed by atoms with Crippen LogP contribution in [0.15, 0.2) is 21.2 Å². The van der Waals surface area contributed by atoms with E-state index >= 15 is 0 Å². The van der Waals surface area contributed by atoms with E-state index in [1.54, 1.807) is 6.07 Å². The molecule has 2 aromatic rings. The Hall–Kier alpha value is -2.11. The molecule has 3 heterocycles. The summed E-state index contributed by atoms with van der Waals surface area (Å²) in [5.74, 6) is 2.00. The van der Waals surface area contributed by atoms with E-state index in [2.05, 4.69) is 10.3 Å². The van der Waals surface area contributed by atoms with Crippen LogP contribution in [0.3, 0.4) is 0 Å². The Balaban J connectivity index is 1.55. The van der Waals surface area contributed by atoms with Gasteiger partial charge in [0.1, 0.15) is 5.76 Å². The van der Waals surface area contributed by atoms with Crippen molar-refractivity contribution in [3.8, 4) is 0 Å². The number of likely N-dealkylation sites (tertiary alicyclic amines) is 1. The van der Waals surface area contributed by atoms with Crippen LogP contribution in [0.5, 0.6) is 0 Å². The molecule has 0 aromatic carbocycles. The zero-order valence-electron chi connectivity index (χ0n) is 12.6. The molecular formula is C16H19N3O3. The van der Waals surface area contributed by atoms with Crippen molar-refractivity contribution < 1.29 is 13.8 Å². The van der Waals surface area contributed by atoms with Gasteiger partial charge in [-0.15, -0.1) is 0 Å². The predicted molar refractivity (Wildman–Crippen MR) is 77.4 cm³/mol. The molecular weight excluding hydrogens is 282 g/mol. The van der Waals surface area contributed by atoms with Gasteiger partial charge < -0.3 is 13.9 Å². The fourth-order valence-corrected chi connectivity index (χ4v) is 3.05. The van der Waals surface area contributed by atoms with Gasteiger partial charge in [0.2, 0.25) is 0 Å². The summed E-state index contributed by atoms with van der Waals surface area (Å²) in [6.07, 6.45) is 4.96. The summed E-state index contributed by atoms with van der Waals surface area (Å²) in [5.41, 5.74) is 1.33. The summed E-state index contributed by atoms with van der Waals surface area (Å²) in [5, 5.41) is 7.99. The monoisotopic (exact) mass is 301 g/mol. The molecule has 6 heteroatoms. The van der Waals surface area contributed by atoms with E-state index in [9.17, 15) is 4.79 Å². The lowest BCUT2D eigenvalue weighted by Gasteiger charge is -2.21. The topological polar surface area (TPSA) is 72.4 Å². The largest absolute Gasteiger partial charge is 0.360 e. The van der Waals surface area contributed by atoms with Crippen LogP contribution in [-0.2, 0) is 6.42 Å². The summed E-state index contributed by atoms with van der Waals surface area (Å²) in [6, 6.07) is 3.71. The maximum Gasteiger partial charge on any atom is 0.276 e. The Bertz CT molecular complexity index is 686. The lowest BCUT2D eigenvalue weighted by molar-refractivity contribution is 0.0704. The van der Waals surface area contributed by atoms with E-state index in [1.165, 1.54) is 0 Å². The zero-order valence-corrected chi connectivity index (χ0v) is 12.6. The van der Waals surface area contributed by atoms with Crippen LogP contribution in [0.1, 0.15) is 72.3 Å². The molecule has 116 valence electrons. The van der Waals surface area contributed by atoms with Crippen LogP contribution < -0.4 is 0 Å². The first-order chi connectivity index (χ1) is 10.8. The number of hydrogen-bond donors (Lipinski definition) is 0. The van der Waals surface area contributed by atoms with Gasteiger partial charge in [0.15, 0.2) is 11.5 Å². The lowest BCUT2D eigenvalue weighted by Crippen LogP contribution is -2.30. The SMILES string of the molecule is CCc1cc([C@@H]2CCCN2C(=O)c2cc(C3CC3)on2)on1. The van der Waals surface area contributed by atoms with Crippen molar-refractivity contribution in [3.05, 3.63) is 35.0 Å². The van der Waals surface area contributed by atoms with Crippen LogP contribution in [0, 0.1) is 0 Å². The van der Waals surface area contributed by atoms with Gasteiger partial charge in [0.05, 0.1) is 11.7 Å². The van der Waals surface area contributed by atoms with Gasteiger partial charge >= 0.3 is 0 Å². The molecule has 1 atom stereocenters. The van der Waals surface area contributed by atoms with E-state index in [-0.39, 0.29) is 11.9 Å². The Morgan fingerprint density at radius 3 is 2.77 bits per heavy atom. The summed E-state index contributed by atoms with van der Waals surface area (Å²) >= 11 is 0. The average Bonchev–Trinajstić information content (AvgIpc) is 3.02. The number of hydrogen-bond acceptors (Lipinski definition) is 5. The minimum absolute atomic E-state index is 0.0404. The predicted octanol–water partition coefficient (Wildman–Crippen LogP) is 3.08. The third-order valence-corrected chi connectivity index (χ3v) is 4.51. The highest BCUT2D eigenvalue weighted by atomic mass is 16.5. The van der Waals surface area contributed by atoms with Gasteiger partial charge in [-0.3, -0.25) is 4.79 Å². The maximum atomic E-state index is 12.7. The molecule has 0 spiro atoms. The van der Waals surface area contributed by atoms with Gasteiger partial charge in [-0.05, 0) is 32.1 Å². The summed E-state index contributed by atoms with van der Waals surface area (Å²) < 4.78 is 10.7. The highest BCUT2D eigenvalue weighted by molar-refractivity contribution is 5.92. The molecule has 1 aliphatic carbocycles. The van der Waals surface area contributed by atoms with Crippen LogP contribution in [0.25, 0.3) is 0 Å². The van der Waals surface area contributed by atoms with Crippen molar-refractivity contribution in [3.63, 3.8) is 0 Å². The summed E-state index contributed by atoms with van der Waals surface area (Å²) in [6.45, 7) is 2.76. The molecule has 2 aliphatic rings. The van der Waals surface area contributed by atoms with Crippen LogP contribution in [0.4, 0.5) is 0 Å². The first-order valence-corrected chi connectivity index (χ1v) is 7.99. The van der Waals surface area contributed by atoms with Gasteiger partial charge in [-0.1, -0.05) is 17.2 Å². The second-order valence-electron chi connectivity index (χ2n) is 6.12. The Kier molecular flexibility index (Phi) is 3.24. The van der Waals surface area contributed by atoms with E-state index in [1.807, 2.05) is 17.9 Å². The van der Waals surface area contributed by atoms with Crippen molar-refractivity contribution in [1.29, 1.82) is 0 Å². The molecule has 22 heavy (non-hydrogen) atoms. The minimum atomic E-state index is -0.0763. The molecule has 2 fully saturated rings. The number of carbonyl (C=O) groups is 1. The molecule has 0 N–H and O–H groups in total. The van der Waals surface area contributed by atoms with Crippen molar-refractivity contribution in [2.75, 3.05) is 6.54 Å². The molecule has 6 nitrogen and oxygen atoms in total. The number of aryl methyl sites for hydroxylation is 1. The summed E-state index contributed by atoms with van der Waals surface area (Å²) in [4.78, 5) is 14.5. The van der Waals surface area contributed by atoms with Crippen molar-refractivity contribution in [1.82, 2.24) is 15.2 Å². The van der Waals surface area contributed by atoms with E-state index in [4.69, 9.17) is 9.05 Å². The molecule has 0 unspecified atom stereocenters. The van der Waals surface area contributed by atoms with Crippen LogP contribution in [-0.4, -0.2) is 27.7 Å². The van der Waals surface area contributed by atoms with Gasteiger partial charge in [0.25, 0.3) is 5.91 Å². The lowest BCUT2D eigenvalue weighted by atomic mass is 10.1. The molecule has 4 rings (SSSR count). The quantitative estimate of drug-likeness (QED) is 0.867. The van der Waals surface area contributed by atoms with Crippen molar-refractivity contribution >= 4 is 5.91 Å². The molecule has 1 saturated heterocycles. The fourth-order valence-electron chi connectivity index (χ4n) is 3.05. The Labute approximate surface area is 128 Å². The van der Waals surface area contributed by atoms with Crippen LogP contribution in [0.2, 0.25) is 0 Å². The summed E-state index contributed by atoms with van der Waals surface area (Å²) in [7, 11) is 0. The first kappa shape index (κ1) is 13.5. The first-order valence-electron chi connectivity index (χ1n) is 7.99. The maximum absolute atomic E-state index is 12.7. The highest BCUT2D eigenvalue weighted by Crippen LogP contribution is 2.40. The average molecular weight is 301 g/mol. The molecule has 0 bridgehead atoms. The molecule has 1 saturated carbocycles. The van der Waals surface area contributed by atoms with Crippen molar-refractivity contribution in [2.24, 2.45) is 0 Å². The zero-order chi connectivity index (χ0) is 15.1. The second-order valence-corrected chi connectivity index (χ2v) is 6.12. The second kappa shape index (κ2) is 5.26. The fraction of sp³-hybridized carbons (Fsp3) is 0.562. The molecule has 2 aromatic heterocycles. The smallest absolute Gasteiger partial charge is 0.276 e. The van der Waals surface area contributed by atoms with Gasteiger partial charge in [0, 0.05) is 24.6 Å². The molecule has 0 radical (unpaired) electrons. The minimum Gasteiger partial charge on any atom is -0.360 e. The normalized spacial score (nSPS) is 21.5. The van der Waals surface area contributed by atoms with E-state index in [0.29, 0.717) is 11.6 Å². The van der Waals surface area contributed by atoms with E-state index in [0.717, 1.165) is 55.9 Å². The van der Waals surface area contributed by atoms with E-state index < -0.39 is 0 Å². The number of carbonyl (C=O) groups excluding carboxylic acids is 1. The molecule has 1 amide bonds. The van der Waals surface area contributed by atoms with Gasteiger partial charge in [-0.25, -0.2) is 0 Å². The van der Waals surface area contributed by atoms with Gasteiger partial charge in [-0.2, -0.15) is 0 Å². The standard InChI is InChI=1S/C16H19N3O3/c1-2-11-8-15(22-17-11)13-4-3-7-19(13)16(20)12-9-14(21-18-12)10-5-6-10/h8-10,13H,2-7H2,1H3/t13-/m0/s1. The Morgan fingerprint density at radius 2 is 2.05 bits per heavy atom. The number of aromatic nitrogens is 2. The number of amides is 1. The third-order valence-electron chi connectivity index (χ3n) is 4.51. The third kappa shape index (κ3) is 2.32. The molecule has 1 aliphatic heterocycles. The Morgan fingerprint density at radius 1 is 1.23 bits per heavy atom. The van der Waals surface area contributed by atoms with Crippen LogP contribution >= 0.6 is 0 Å². The highest BCUT2D eigenvalue weighted by Gasteiger charge is 2.36. The number of nitrogens with zero attached hydrogens (tertiary/aromatic N) is 3. The van der Waals surface area contributed by atoms with Crippen molar-refractivity contribution in [2.45, 2.75) is 51.0 Å². The number of rotatable bonds is 4.